The molecule has 9 heteroatoms. The molecule has 0 radical (unpaired) electrons. The molecule has 0 bridgehead atoms. The maximum Gasteiger partial charge on any atom is 0.231 e. The Bertz CT molecular complexity index is 550. The van der Waals surface area contributed by atoms with Crippen LogP contribution >= 0.6 is 23.1 Å². The van der Waals surface area contributed by atoms with Gasteiger partial charge in [-0.2, -0.15) is 0 Å². The van der Waals surface area contributed by atoms with E-state index in [1.807, 2.05) is 20.8 Å². The third-order valence-electron chi connectivity index (χ3n) is 3.19. The Morgan fingerprint density at radius 3 is 2.83 bits per heavy atom. The Morgan fingerprint density at radius 1 is 1.39 bits per heavy atom. The lowest BCUT2D eigenvalue weighted by molar-refractivity contribution is -0.123. The number of thioether (sulfide) groups is 1. The first-order valence-electron chi connectivity index (χ1n) is 7.50. The van der Waals surface area contributed by atoms with E-state index in [4.69, 9.17) is 4.74 Å². The molecule has 0 saturated carbocycles. The highest BCUT2D eigenvalue weighted by Gasteiger charge is 2.22. The van der Waals surface area contributed by atoms with Crippen molar-refractivity contribution in [3.05, 3.63) is 0 Å². The van der Waals surface area contributed by atoms with Gasteiger partial charge in [-0.3, -0.25) is 9.59 Å². The van der Waals surface area contributed by atoms with Crippen molar-refractivity contribution in [2.45, 2.75) is 44.1 Å². The van der Waals surface area contributed by atoms with Gasteiger partial charge >= 0.3 is 0 Å². The van der Waals surface area contributed by atoms with Crippen molar-refractivity contribution in [1.29, 1.82) is 0 Å². The van der Waals surface area contributed by atoms with Gasteiger partial charge in [0.05, 0.1) is 11.9 Å². The summed E-state index contributed by atoms with van der Waals surface area (Å²) in [6.45, 7) is 6.83. The highest BCUT2D eigenvalue weighted by atomic mass is 32.2. The first-order chi connectivity index (χ1) is 10.8. The predicted molar refractivity (Wildman–Crippen MR) is 90.7 cm³/mol. The van der Waals surface area contributed by atoms with Gasteiger partial charge in [-0.25, -0.2) is 0 Å². The van der Waals surface area contributed by atoms with E-state index >= 15 is 0 Å². The molecule has 7 nitrogen and oxygen atoms in total. The van der Waals surface area contributed by atoms with Crippen LogP contribution in [0.1, 0.15) is 33.6 Å². The summed E-state index contributed by atoms with van der Waals surface area (Å²) in [5.74, 6) is 0.106. The molecule has 0 unspecified atom stereocenters. The maximum absolute atomic E-state index is 11.9. The number of aromatic nitrogens is 2. The van der Waals surface area contributed by atoms with Gasteiger partial charge in [0.25, 0.3) is 0 Å². The van der Waals surface area contributed by atoms with E-state index in [2.05, 4.69) is 20.8 Å². The summed E-state index contributed by atoms with van der Waals surface area (Å²) in [5, 5.41) is 13.9. The summed E-state index contributed by atoms with van der Waals surface area (Å²) in [6, 6.07) is 0. The second kappa shape index (κ2) is 8.07. The van der Waals surface area contributed by atoms with E-state index in [1.54, 1.807) is 0 Å². The van der Waals surface area contributed by atoms with Crippen LogP contribution < -0.4 is 10.6 Å². The molecule has 2 N–H and O–H groups in total. The number of hydrogen-bond acceptors (Lipinski definition) is 7. The minimum absolute atomic E-state index is 0.0547. The topological polar surface area (TPSA) is 93.2 Å². The minimum Gasteiger partial charge on any atom is -0.376 e. The number of carbonyl (C=O) groups is 2. The maximum atomic E-state index is 11.9. The fourth-order valence-corrected chi connectivity index (χ4v) is 3.39. The molecule has 2 rings (SSSR count). The second-order valence-corrected chi connectivity index (χ2v) is 8.51. The van der Waals surface area contributed by atoms with Crippen LogP contribution in [-0.4, -0.2) is 47.0 Å². The zero-order chi connectivity index (χ0) is 16.9. The Hall–Kier alpha value is -1.19. The standard InChI is InChI=1S/C14H22N4O3S2/c1-14(2,3)11(20)16-12-17-18-13(23-12)22-8-10(19)15-7-9-5-4-6-21-9/h9H,4-8H2,1-3H3,(H,15,19)(H,16,17,20)/t9-/m0/s1. The van der Waals surface area contributed by atoms with Gasteiger partial charge < -0.3 is 15.4 Å². The number of anilines is 1. The van der Waals surface area contributed by atoms with E-state index in [9.17, 15) is 9.59 Å². The van der Waals surface area contributed by atoms with Crippen molar-refractivity contribution >= 4 is 40.0 Å². The molecule has 1 aromatic rings. The van der Waals surface area contributed by atoms with Crippen LogP contribution in [0, 0.1) is 5.41 Å². The van der Waals surface area contributed by atoms with Crippen molar-refractivity contribution in [1.82, 2.24) is 15.5 Å². The molecule has 0 aromatic carbocycles. The van der Waals surface area contributed by atoms with Gasteiger partial charge in [0.2, 0.25) is 16.9 Å². The number of ether oxygens (including phenoxy) is 1. The first kappa shape index (κ1) is 18.2. The van der Waals surface area contributed by atoms with Gasteiger partial charge in [-0.15, -0.1) is 10.2 Å². The third-order valence-corrected chi connectivity index (χ3v) is 5.16. The van der Waals surface area contributed by atoms with Gasteiger partial charge in [0.15, 0.2) is 4.34 Å². The Balaban J connectivity index is 1.71. The van der Waals surface area contributed by atoms with Crippen molar-refractivity contribution in [3.8, 4) is 0 Å². The van der Waals surface area contributed by atoms with E-state index in [0.717, 1.165) is 19.4 Å². The second-order valence-electron chi connectivity index (χ2n) is 6.31. The lowest BCUT2D eigenvalue weighted by Gasteiger charge is -2.15. The van der Waals surface area contributed by atoms with Crippen LogP contribution in [0.5, 0.6) is 0 Å². The largest absolute Gasteiger partial charge is 0.376 e. The molecule has 2 amide bonds. The number of amides is 2. The lowest BCUT2D eigenvalue weighted by Crippen LogP contribution is -2.32. The summed E-state index contributed by atoms with van der Waals surface area (Å²) in [5.41, 5.74) is -0.485. The van der Waals surface area contributed by atoms with E-state index < -0.39 is 5.41 Å². The quantitative estimate of drug-likeness (QED) is 0.596. The van der Waals surface area contributed by atoms with Crippen LogP contribution in [0.25, 0.3) is 0 Å². The average molecular weight is 358 g/mol. The predicted octanol–water partition coefficient (Wildman–Crippen LogP) is 1.91. The number of carbonyl (C=O) groups excluding carboxylic acids is 2. The van der Waals surface area contributed by atoms with E-state index in [0.29, 0.717) is 16.0 Å². The lowest BCUT2D eigenvalue weighted by atomic mass is 9.96. The molecular formula is C14H22N4O3S2. The monoisotopic (exact) mass is 358 g/mol. The zero-order valence-electron chi connectivity index (χ0n) is 13.5. The summed E-state index contributed by atoms with van der Waals surface area (Å²) in [6.07, 6.45) is 2.20. The molecule has 128 valence electrons. The molecule has 2 heterocycles. The van der Waals surface area contributed by atoms with Crippen molar-refractivity contribution in [2.75, 3.05) is 24.2 Å². The van der Waals surface area contributed by atoms with Gasteiger partial charge in [0.1, 0.15) is 0 Å². The van der Waals surface area contributed by atoms with E-state index in [1.165, 1.54) is 23.1 Å². The Morgan fingerprint density at radius 2 is 2.17 bits per heavy atom. The van der Waals surface area contributed by atoms with E-state index in [-0.39, 0.29) is 23.7 Å². The first-order valence-corrected chi connectivity index (χ1v) is 9.31. The summed E-state index contributed by atoms with van der Waals surface area (Å²) >= 11 is 2.57. The number of nitrogens with zero attached hydrogens (tertiary/aromatic N) is 2. The number of rotatable bonds is 6. The van der Waals surface area contributed by atoms with Crippen LogP contribution in [0.15, 0.2) is 4.34 Å². The SMILES string of the molecule is CC(C)(C)C(=O)Nc1nnc(SCC(=O)NC[C@@H]2CCCO2)s1. The van der Waals surface area contributed by atoms with Crippen LogP contribution in [0.4, 0.5) is 5.13 Å². The molecular weight excluding hydrogens is 336 g/mol. The molecule has 1 aliphatic heterocycles. The highest BCUT2D eigenvalue weighted by Crippen LogP contribution is 2.26. The van der Waals surface area contributed by atoms with Crippen molar-refractivity contribution in [3.63, 3.8) is 0 Å². The van der Waals surface area contributed by atoms with Crippen molar-refractivity contribution in [2.24, 2.45) is 5.41 Å². The fraction of sp³-hybridized carbons (Fsp3) is 0.714. The number of nitrogens with one attached hydrogen (secondary N) is 2. The molecule has 0 aliphatic carbocycles. The molecule has 1 saturated heterocycles. The molecule has 0 spiro atoms. The molecule has 1 fully saturated rings. The van der Waals surface area contributed by atoms with Gasteiger partial charge in [-0.1, -0.05) is 43.9 Å². The zero-order valence-corrected chi connectivity index (χ0v) is 15.2. The van der Waals surface area contributed by atoms with Crippen molar-refractivity contribution < 1.29 is 14.3 Å². The molecule has 1 aliphatic rings. The summed E-state index contributed by atoms with van der Waals surface area (Å²) in [4.78, 5) is 23.7. The molecule has 1 aromatic heterocycles. The van der Waals surface area contributed by atoms with Gasteiger partial charge in [0, 0.05) is 18.6 Å². The highest BCUT2D eigenvalue weighted by molar-refractivity contribution is 8.01. The average Bonchev–Trinajstić information content (AvgIpc) is 3.13. The summed E-state index contributed by atoms with van der Waals surface area (Å²) < 4.78 is 6.11. The summed E-state index contributed by atoms with van der Waals surface area (Å²) in [7, 11) is 0. The van der Waals surface area contributed by atoms with Crippen LogP contribution in [-0.2, 0) is 14.3 Å². The normalized spacial score (nSPS) is 18.0. The van der Waals surface area contributed by atoms with Crippen LogP contribution in [0.2, 0.25) is 0 Å². The fourth-order valence-electron chi connectivity index (χ4n) is 1.81. The molecule has 1 atom stereocenters. The molecule has 23 heavy (non-hydrogen) atoms. The number of hydrogen-bond donors (Lipinski definition) is 2. The minimum atomic E-state index is -0.485. The smallest absolute Gasteiger partial charge is 0.231 e. The van der Waals surface area contributed by atoms with Gasteiger partial charge in [-0.05, 0) is 12.8 Å². The van der Waals surface area contributed by atoms with Crippen LogP contribution in [0.3, 0.4) is 0 Å². The third kappa shape index (κ3) is 6.08. The Kier molecular flexibility index (Phi) is 6.37. The Labute approximate surface area is 144 Å².